The van der Waals surface area contributed by atoms with E-state index < -0.39 is 5.82 Å². The highest BCUT2D eigenvalue weighted by Gasteiger charge is 2.15. The van der Waals surface area contributed by atoms with E-state index in [2.05, 4.69) is 26.6 Å². The second-order valence-corrected chi connectivity index (χ2v) is 6.99. The summed E-state index contributed by atoms with van der Waals surface area (Å²) in [7, 11) is 1.45. The number of aromatic nitrogens is 1. The molecule has 27 heavy (non-hydrogen) atoms. The van der Waals surface area contributed by atoms with Crippen LogP contribution in [0.2, 0.25) is 0 Å². The van der Waals surface area contributed by atoms with Gasteiger partial charge < -0.3 is 9.30 Å². The molecule has 3 nitrogen and oxygen atoms in total. The van der Waals surface area contributed by atoms with Crippen LogP contribution in [0.1, 0.15) is 5.56 Å². The summed E-state index contributed by atoms with van der Waals surface area (Å²) in [6.45, 7) is 0. The summed E-state index contributed by atoms with van der Waals surface area (Å²) < 4.78 is 22.4. The van der Waals surface area contributed by atoms with Crippen molar-refractivity contribution in [3.8, 4) is 28.8 Å². The Bertz CT molecular complexity index is 1190. The van der Waals surface area contributed by atoms with E-state index in [1.165, 1.54) is 13.2 Å². The van der Waals surface area contributed by atoms with Gasteiger partial charge in [0.25, 0.3) is 0 Å². The van der Waals surface area contributed by atoms with Gasteiger partial charge in [0.05, 0.1) is 30.0 Å². The fourth-order valence-corrected chi connectivity index (χ4v) is 3.57. The third kappa shape index (κ3) is 3.09. The van der Waals surface area contributed by atoms with E-state index in [0.29, 0.717) is 5.56 Å². The zero-order chi connectivity index (χ0) is 19.0. The van der Waals surface area contributed by atoms with Gasteiger partial charge in [0.15, 0.2) is 11.6 Å². The highest BCUT2D eigenvalue weighted by molar-refractivity contribution is 9.10. The minimum Gasteiger partial charge on any atom is -0.494 e. The molecule has 132 valence electrons. The molecule has 0 saturated carbocycles. The first-order chi connectivity index (χ1) is 13.1. The van der Waals surface area contributed by atoms with E-state index in [1.54, 1.807) is 18.2 Å². The monoisotopic (exact) mass is 420 g/mol. The van der Waals surface area contributed by atoms with Gasteiger partial charge in [-0.2, -0.15) is 5.26 Å². The molecule has 0 spiro atoms. The molecule has 0 saturated heterocycles. The lowest BCUT2D eigenvalue weighted by Gasteiger charge is -2.12. The van der Waals surface area contributed by atoms with Gasteiger partial charge in [-0.1, -0.05) is 15.9 Å². The fraction of sp³-hybridized carbons (Fsp3) is 0.0455. The molecule has 1 aromatic heterocycles. The van der Waals surface area contributed by atoms with Crippen LogP contribution in [-0.2, 0) is 0 Å². The van der Waals surface area contributed by atoms with Crippen LogP contribution in [-0.4, -0.2) is 11.7 Å². The molecule has 0 bridgehead atoms. The average molecular weight is 421 g/mol. The van der Waals surface area contributed by atoms with Crippen molar-refractivity contribution in [2.24, 2.45) is 0 Å². The van der Waals surface area contributed by atoms with E-state index in [0.717, 1.165) is 32.3 Å². The Morgan fingerprint density at radius 1 is 1.00 bits per heavy atom. The van der Waals surface area contributed by atoms with Gasteiger partial charge in [-0.3, -0.25) is 0 Å². The molecule has 0 N–H and O–H groups in total. The number of methoxy groups -OCH3 is 1. The van der Waals surface area contributed by atoms with Crippen LogP contribution in [0, 0.1) is 17.1 Å². The first-order valence-electron chi connectivity index (χ1n) is 8.26. The van der Waals surface area contributed by atoms with Crippen LogP contribution in [0.15, 0.2) is 71.2 Å². The summed E-state index contributed by atoms with van der Waals surface area (Å²) in [6.07, 6.45) is 0. The lowest BCUT2D eigenvalue weighted by Crippen LogP contribution is -1.97. The fourth-order valence-electron chi connectivity index (χ4n) is 3.19. The summed E-state index contributed by atoms with van der Waals surface area (Å²) in [5.41, 5.74) is 4.08. The Labute approximate surface area is 164 Å². The van der Waals surface area contributed by atoms with Crippen LogP contribution >= 0.6 is 15.9 Å². The SMILES string of the molecule is COc1ccc(-c2cc3cc(Br)ccc3n2-c2ccc(C#N)cc2)cc1F. The first-order valence-corrected chi connectivity index (χ1v) is 9.05. The molecule has 5 heteroatoms. The summed E-state index contributed by atoms with van der Waals surface area (Å²) in [5.74, 6) is -0.199. The summed E-state index contributed by atoms with van der Waals surface area (Å²) >= 11 is 3.51. The van der Waals surface area contributed by atoms with Crippen molar-refractivity contribution in [1.29, 1.82) is 5.26 Å². The standard InChI is InChI=1S/C22H14BrFN2O/c1-27-22-9-4-15(11-19(22)24)21-12-16-10-17(23)5-8-20(16)26(21)18-6-2-14(13-25)3-7-18/h2-12H,1H3. The Morgan fingerprint density at radius 3 is 2.44 bits per heavy atom. The number of hydrogen-bond donors (Lipinski definition) is 0. The van der Waals surface area contributed by atoms with Crippen molar-refractivity contribution in [2.45, 2.75) is 0 Å². The Balaban J connectivity index is 1.99. The van der Waals surface area contributed by atoms with Crippen molar-refractivity contribution in [1.82, 2.24) is 4.57 Å². The Hall–Kier alpha value is -3.10. The molecule has 0 amide bonds. The van der Waals surface area contributed by atoms with Crippen LogP contribution in [0.5, 0.6) is 5.75 Å². The highest BCUT2D eigenvalue weighted by Crippen LogP contribution is 2.34. The normalized spacial score (nSPS) is 10.7. The van der Waals surface area contributed by atoms with Crippen molar-refractivity contribution < 1.29 is 9.13 Å². The summed E-state index contributed by atoms with van der Waals surface area (Å²) in [4.78, 5) is 0. The molecular weight excluding hydrogens is 407 g/mol. The number of nitriles is 1. The maximum absolute atomic E-state index is 14.3. The third-order valence-corrected chi connectivity index (χ3v) is 4.96. The van der Waals surface area contributed by atoms with Gasteiger partial charge in [0.2, 0.25) is 0 Å². The van der Waals surface area contributed by atoms with E-state index in [9.17, 15) is 4.39 Å². The Morgan fingerprint density at radius 2 is 1.78 bits per heavy atom. The van der Waals surface area contributed by atoms with Gasteiger partial charge >= 0.3 is 0 Å². The van der Waals surface area contributed by atoms with E-state index >= 15 is 0 Å². The predicted octanol–water partition coefficient (Wildman–Crippen LogP) is 6.08. The molecular formula is C22H14BrFN2O. The maximum atomic E-state index is 14.3. The lowest BCUT2D eigenvalue weighted by atomic mass is 10.1. The van der Waals surface area contributed by atoms with Crippen LogP contribution in [0.25, 0.3) is 27.8 Å². The molecule has 0 aliphatic carbocycles. The quantitative estimate of drug-likeness (QED) is 0.402. The van der Waals surface area contributed by atoms with E-state index in [1.807, 2.05) is 42.5 Å². The van der Waals surface area contributed by atoms with Gasteiger partial charge in [-0.25, -0.2) is 4.39 Å². The van der Waals surface area contributed by atoms with Crippen molar-refractivity contribution in [3.63, 3.8) is 0 Å². The van der Waals surface area contributed by atoms with Gasteiger partial charge in [-0.15, -0.1) is 0 Å². The van der Waals surface area contributed by atoms with Gasteiger partial charge in [0, 0.05) is 21.1 Å². The van der Waals surface area contributed by atoms with Crippen molar-refractivity contribution in [2.75, 3.05) is 7.11 Å². The summed E-state index contributed by atoms with van der Waals surface area (Å²) in [5, 5.41) is 10.1. The molecule has 3 aromatic carbocycles. The number of benzene rings is 3. The second kappa shape index (κ2) is 6.90. The van der Waals surface area contributed by atoms with Crippen molar-refractivity contribution in [3.05, 3.63) is 82.6 Å². The summed E-state index contributed by atoms with van der Waals surface area (Å²) in [6, 6.07) is 22.4. The zero-order valence-corrected chi connectivity index (χ0v) is 16.0. The first kappa shape index (κ1) is 17.3. The topological polar surface area (TPSA) is 38.0 Å². The predicted molar refractivity (Wildman–Crippen MR) is 108 cm³/mol. The van der Waals surface area contributed by atoms with Crippen LogP contribution < -0.4 is 4.74 Å². The number of hydrogen-bond acceptors (Lipinski definition) is 2. The maximum Gasteiger partial charge on any atom is 0.165 e. The molecule has 0 aliphatic rings. The Kier molecular flexibility index (Phi) is 4.43. The molecule has 4 rings (SSSR count). The second-order valence-electron chi connectivity index (χ2n) is 6.08. The number of halogens is 2. The minimum absolute atomic E-state index is 0.211. The van der Waals surface area contributed by atoms with Crippen LogP contribution in [0.4, 0.5) is 4.39 Å². The highest BCUT2D eigenvalue weighted by atomic mass is 79.9. The molecule has 0 aliphatic heterocycles. The van der Waals surface area contributed by atoms with Gasteiger partial charge in [-0.05, 0) is 66.7 Å². The smallest absolute Gasteiger partial charge is 0.165 e. The molecule has 0 atom stereocenters. The molecule has 4 aromatic rings. The number of fused-ring (bicyclic) bond motifs is 1. The molecule has 0 radical (unpaired) electrons. The number of nitrogens with zero attached hydrogens (tertiary/aromatic N) is 2. The zero-order valence-electron chi connectivity index (χ0n) is 14.4. The van der Waals surface area contributed by atoms with E-state index in [-0.39, 0.29) is 5.75 Å². The minimum atomic E-state index is -0.409. The lowest BCUT2D eigenvalue weighted by molar-refractivity contribution is 0.386. The van der Waals surface area contributed by atoms with Gasteiger partial charge in [0.1, 0.15) is 0 Å². The van der Waals surface area contributed by atoms with E-state index in [4.69, 9.17) is 10.00 Å². The number of rotatable bonds is 3. The van der Waals surface area contributed by atoms with Crippen molar-refractivity contribution >= 4 is 26.8 Å². The largest absolute Gasteiger partial charge is 0.494 e. The molecule has 0 unspecified atom stereocenters. The number of ether oxygens (including phenoxy) is 1. The molecule has 1 heterocycles. The molecule has 0 fully saturated rings. The average Bonchev–Trinajstić information content (AvgIpc) is 3.06. The third-order valence-electron chi connectivity index (χ3n) is 4.47. The van der Waals surface area contributed by atoms with Crippen LogP contribution in [0.3, 0.4) is 0 Å².